The number of unbranched alkanes of at least 4 members (excludes halogenated alkanes) is 2. The molecule has 1 aliphatic carbocycles. The molecule has 0 atom stereocenters. The second-order valence-corrected chi connectivity index (χ2v) is 12.1. The van der Waals surface area contributed by atoms with Crippen molar-refractivity contribution in [3.8, 4) is 22.3 Å². The van der Waals surface area contributed by atoms with Gasteiger partial charge in [0.2, 0.25) is 0 Å². The van der Waals surface area contributed by atoms with Crippen molar-refractivity contribution in [3.05, 3.63) is 145 Å². The van der Waals surface area contributed by atoms with E-state index >= 15 is 0 Å². The van der Waals surface area contributed by atoms with E-state index in [-0.39, 0.29) is 5.41 Å². The maximum absolute atomic E-state index is 4.28. The summed E-state index contributed by atoms with van der Waals surface area (Å²) in [6.07, 6.45) is 7.25. The van der Waals surface area contributed by atoms with Crippen LogP contribution in [0.1, 0.15) is 76.0 Å². The van der Waals surface area contributed by atoms with Crippen molar-refractivity contribution in [2.75, 3.05) is 4.90 Å². The van der Waals surface area contributed by atoms with E-state index in [2.05, 4.69) is 154 Å². The lowest BCUT2D eigenvalue weighted by Gasteiger charge is -2.33. The molecular weight excluding hydrogens is 518 g/mol. The van der Waals surface area contributed by atoms with E-state index in [4.69, 9.17) is 0 Å². The number of allylic oxidation sites excluding steroid dienone is 1. The Morgan fingerprint density at radius 1 is 0.581 bits per heavy atom. The summed E-state index contributed by atoms with van der Waals surface area (Å²) in [5.74, 6) is 0. The fourth-order valence-corrected chi connectivity index (χ4v) is 6.97. The van der Waals surface area contributed by atoms with Crippen LogP contribution in [0.5, 0.6) is 0 Å². The number of hydrogen-bond donors (Lipinski definition) is 0. The number of hydrogen-bond acceptors (Lipinski definition) is 1. The van der Waals surface area contributed by atoms with Crippen LogP contribution >= 0.6 is 0 Å². The molecule has 0 aliphatic heterocycles. The molecule has 6 rings (SSSR count). The molecule has 0 bridgehead atoms. The molecule has 0 N–H and O–H groups in total. The summed E-state index contributed by atoms with van der Waals surface area (Å²) in [4.78, 5) is 2.32. The fourth-order valence-electron chi connectivity index (χ4n) is 6.97. The minimum absolute atomic E-state index is 0.0511. The molecule has 0 aromatic heterocycles. The molecule has 0 heterocycles. The summed E-state index contributed by atoms with van der Waals surface area (Å²) in [7, 11) is 0. The van der Waals surface area contributed by atoms with Crippen LogP contribution in [0, 0.1) is 0 Å². The van der Waals surface area contributed by atoms with E-state index in [1.165, 1.54) is 77.5 Å². The topological polar surface area (TPSA) is 3.24 Å². The minimum atomic E-state index is 0.0511. The second-order valence-electron chi connectivity index (χ2n) is 12.1. The third-order valence-electron chi connectivity index (χ3n) is 9.26. The summed E-state index contributed by atoms with van der Waals surface area (Å²) >= 11 is 0. The zero-order valence-corrected chi connectivity index (χ0v) is 25.9. The third kappa shape index (κ3) is 5.45. The van der Waals surface area contributed by atoms with Crippen molar-refractivity contribution in [2.24, 2.45) is 0 Å². The van der Waals surface area contributed by atoms with Gasteiger partial charge in [-0.25, -0.2) is 0 Å². The predicted molar refractivity (Wildman–Crippen MR) is 187 cm³/mol. The van der Waals surface area contributed by atoms with Gasteiger partial charge in [-0.2, -0.15) is 0 Å². The van der Waals surface area contributed by atoms with Crippen molar-refractivity contribution in [2.45, 2.75) is 64.7 Å². The zero-order valence-electron chi connectivity index (χ0n) is 25.9. The minimum Gasteiger partial charge on any atom is -0.311 e. The lowest BCUT2D eigenvalue weighted by Crippen LogP contribution is -2.25. The average molecular weight is 562 g/mol. The highest BCUT2D eigenvalue weighted by molar-refractivity contribution is 5.86. The van der Waals surface area contributed by atoms with Crippen molar-refractivity contribution >= 4 is 22.6 Å². The van der Waals surface area contributed by atoms with E-state index in [1.807, 2.05) is 0 Å². The Morgan fingerprint density at radius 2 is 1.07 bits per heavy atom. The van der Waals surface area contributed by atoms with Crippen LogP contribution in [0.25, 0.3) is 27.8 Å². The van der Waals surface area contributed by atoms with Gasteiger partial charge in [-0.05, 0) is 107 Å². The van der Waals surface area contributed by atoms with E-state index in [0.29, 0.717) is 0 Å². The first-order chi connectivity index (χ1) is 21.1. The van der Waals surface area contributed by atoms with Crippen molar-refractivity contribution in [1.82, 2.24) is 0 Å². The van der Waals surface area contributed by atoms with Crippen LogP contribution in [-0.2, 0) is 5.41 Å². The summed E-state index contributed by atoms with van der Waals surface area (Å²) < 4.78 is 0. The van der Waals surface area contributed by atoms with Crippen molar-refractivity contribution < 1.29 is 0 Å². The van der Waals surface area contributed by atoms with E-state index < -0.39 is 0 Å². The molecule has 0 fully saturated rings. The molecule has 5 aromatic rings. The largest absolute Gasteiger partial charge is 0.311 e. The molecule has 0 saturated carbocycles. The summed E-state index contributed by atoms with van der Waals surface area (Å²) in [6, 6.07) is 44.6. The Kier molecular flexibility index (Phi) is 8.34. The van der Waals surface area contributed by atoms with Gasteiger partial charge in [0.05, 0.1) is 0 Å². The second kappa shape index (κ2) is 12.5. The normalized spacial score (nSPS) is 12.9. The molecule has 0 spiro atoms. The van der Waals surface area contributed by atoms with Crippen LogP contribution in [0.3, 0.4) is 0 Å². The predicted octanol–water partition coefficient (Wildman–Crippen LogP) is 12.5. The number of nitrogens with zero attached hydrogens (tertiary/aromatic N) is 1. The zero-order chi connectivity index (χ0) is 29.8. The lowest BCUT2D eigenvalue weighted by molar-refractivity contribution is 0.414. The van der Waals surface area contributed by atoms with Crippen molar-refractivity contribution in [3.63, 3.8) is 0 Å². The standard InChI is InChI=1S/C42H43N/c1-5-7-27-42(28-8-6-2)40-29-33(31(3)4)21-25-38(40)39-26-22-34(30-41(39)42)32-19-23-37(24-20-32)43(35-15-11-9-12-16-35)36-17-13-10-14-18-36/h9-26,29-30H,3,5-8,27-28H2,1-2,4H3. The van der Waals surface area contributed by atoms with Gasteiger partial charge < -0.3 is 4.90 Å². The van der Waals surface area contributed by atoms with Crippen LogP contribution in [-0.4, -0.2) is 0 Å². The molecule has 216 valence electrons. The highest BCUT2D eigenvalue weighted by Gasteiger charge is 2.42. The Balaban J connectivity index is 1.43. The molecule has 0 radical (unpaired) electrons. The highest BCUT2D eigenvalue weighted by Crippen LogP contribution is 2.55. The summed E-state index contributed by atoms with van der Waals surface area (Å²) in [6.45, 7) is 11.0. The van der Waals surface area contributed by atoms with E-state index in [9.17, 15) is 0 Å². The molecule has 0 amide bonds. The first-order valence-electron chi connectivity index (χ1n) is 16.0. The Bertz CT molecular complexity index is 1650. The lowest BCUT2D eigenvalue weighted by atomic mass is 9.70. The molecular formula is C42H43N. The van der Waals surface area contributed by atoms with Gasteiger partial charge in [-0.15, -0.1) is 0 Å². The number of anilines is 3. The Labute approximate surface area is 258 Å². The van der Waals surface area contributed by atoms with Crippen molar-refractivity contribution in [1.29, 1.82) is 0 Å². The maximum atomic E-state index is 4.28. The highest BCUT2D eigenvalue weighted by atomic mass is 15.1. The quantitative estimate of drug-likeness (QED) is 0.155. The van der Waals surface area contributed by atoms with Gasteiger partial charge in [0.15, 0.2) is 0 Å². The maximum Gasteiger partial charge on any atom is 0.0462 e. The van der Waals surface area contributed by atoms with Gasteiger partial charge in [0.25, 0.3) is 0 Å². The summed E-state index contributed by atoms with van der Waals surface area (Å²) in [5, 5.41) is 0. The number of benzene rings is 5. The fraction of sp³-hybridized carbons (Fsp3) is 0.238. The first-order valence-corrected chi connectivity index (χ1v) is 16.0. The van der Waals surface area contributed by atoms with Crippen LogP contribution in [0.15, 0.2) is 128 Å². The first kappa shape index (κ1) is 28.7. The molecule has 1 aliphatic rings. The Morgan fingerprint density at radius 3 is 1.60 bits per heavy atom. The smallest absolute Gasteiger partial charge is 0.0462 e. The number of rotatable bonds is 11. The molecule has 1 heteroatoms. The summed E-state index contributed by atoms with van der Waals surface area (Å²) in [5.41, 5.74) is 14.3. The Hall–Kier alpha value is -4.36. The van der Waals surface area contributed by atoms with Crippen LogP contribution in [0.4, 0.5) is 17.1 Å². The molecule has 5 aromatic carbocycles. The monoisotopic (exact) mass is 561 g/mol. The molecule has 0 unspecified atom stereocenters. The van der Waals surface area contributed by atoms with Gasteiger partial charge in [0.1, 0.15) is 0 Å². The van der Waals surface area contributed by atoms with E-state index in [1.54, 1.807) is 0 Å². The SMILES string of the molecule is C=C(C)c1ccc2c(c1)C(CCCC)(CCCC)c1cc(-c3ccc(N(c4ccccc4)c4ccccc4)cc3)ccc1-2. The number of fused-ring (bicyclic) bond motifs is 3. The number of para-hydroxylation sites is 2. The van der Waals surface area contributed by atoms with Gasteiger partial charge >= 0.3 is 0 Å². The molecule has 43 heavy (non-hydrogen) atoms. The molecule has 0 saturated heterocycles. The van der Waals surface area contributed by atoms with Gasteiger partial charge in [-0.1, -0.05) is 124 Å². The van der Waals surface area contributed by atoms with Crippen LogP contribution < -0.4 is 4.90 Å². The third-order valence-corrected chi connectivity index (χ3v) is 9.26. The van der Waals surface area contributed by atoms with Gasteiger partial charge in [-0.3, -0.25) is 0 Å². The van der Waals surface area contributed by atoms with Crippen LogP contribution in [0.2, 0.25) is 0 Å². The molecule has 1 nitrogen and oxygen atoms in total. The van der Waals surface area contributed by atoms with Gasteiger partial charge in [0, 0.05) is 22.5 Å². The van der Waals surface area contributed by atoms with E-state index in [0.717, 1.165) is 22.6 Å². The average Bonchev–Trinajstić information content (AvgIpc) is 3.32.